The predicted molar refractivity (Wildman–Crippen MR) is 138 cm³/mol. The van der Waals surface area contributed by atoms with Crippen LogP contribution in [0.15, 0.2) is 24.3 Å². The van der Waals surface area contributed by atoms with E-state index in [1.54, 1.807) is 13.8 Å². The summed E-state index contributed by atoms with van der Waals surface area (Å²) < 4.78 is 36.0. The molecular formula is C28H35ClO11. The van der Waals surface area contributed by atoms with Gasteiger partial charge in [0.1, 0.15) is 18.3 Å². The molecule has 2 bridgehead atoms. The standard InChI is InChI=1S/C28H35ClO11/c1-11-9-10-18(35-14(4)30)27(8)19(11)23(37-16(6)32)28-13(3)26(34)39-24(28)20(29)12(2)21(40-28)22(36-15(5)31)25(27)38-17(7)33/h13,18-25H,1-2,9-10H2,3-8H3/t13-,18-,19+,20-,21+,22+,23-,24-,25-,27-,28?/m0/s1. The molecule has 1 spiro atoms. The van der Waals surface area contributed by atoms with Crippen molar-refractivity contribution in [2.24, 2.45) is 17.3 Å². The lowest BCUT2D eigenvalue weighted by Gasteiger charge is -2.61. The Morgan fingerprint density at radius 3 is 2.02 bits per heavy atom. The first-order chi connectivity index (χ1) is 18.6. The Bertz CT molecular complexity index is 1160. The van der Waals surface area contributed by atoms with Gasteiger partial charge in [-0.05, 0) is 25.3 Å². The van der Waals surface area contributed by atoms with Gasteiger partial charge in [0.05, 0.1) is 16.7 Å². The Hall–Kier alpha value is -2.92. The zero-order chi connectivity index (χ0) is 29.9. The van der Waals surface area contributed by atoms with Gasteiger partial charge < -0.3 is 28.4 Å². The third-order valence-corrected chi connectivity index (χ3v) is 9.23. The summed E-state index contributed by atoms with van der Waals surface area (Å²) in [7, 11) is 0. The van der Waals surface area contributed by atoms with Gasteiger partial charge >= 0.3 is 29.8 Å². The van der Waals surface area contributed by atoms with Crippen molar-refractivity contribution in [1.82, 2.24) is 0 Å². The van der Waals surface area contributed by atoms with Gasteiger partial charge in [-0.3, -0.25) is 24.0 Å². The van der Waals surface area contributed by atoms with Crippen molar-refractivity contribution >= 4 is 41.4 Å². The molecule has 0 N–H and O–H groups in total. The molecule has 3 saturated heterocycles. The highest BCUT2D eigenvalue weighted by Crippen LogP contribution is 2.61. The largest absolute Gasteiger partial charge is 0.462 e. The first kappa shape index (κ1) is 30.0. The fourth-order valence-electron chi connectivity index (χ4n) is 7.12. The van der Waals surface area contributed by atoms with Crippen LogP contribution >= 0.6 is 11.6 Å². The molecule has 4 fully saturated rings. The Kier molecular flexibility index (Phi) is 7.87. The fraction of sp³-hybridized carbons (Fsp3) is 0.679. The molecule has 12 heteroatoms. The van der Waals surface area contributed by atoms with Crippen molar-refractivity contribution in [3.63, 3.8) is 0 Å². The highest BCUT2D eigenvalue weighted by Gasteiger charge is 2.75. The third-order valence-electron chi connectivity index (χ3n) is 8.72. The summed E-state index contributed by atoms with van der Waals surface area (Å²) in [4.78, 5) is 63.2. The Balaban J connectivity index is 2.11. The van der Waals surface area contributed by atoms with Crippen LogP contribution in [0.3, 0.4) is 0 Å². The van der Waals surface area contributed by atoms with Crippen LogP contribution in [0, 0.1) is 17.3 Å². The van der Waals surface area contributed by atoms with E-state index in [4.69, 9.17) is 40.0 Å². The van der Waals surface area contributed by atoms with Crippen molar-refractivity contribution in [1.29, 1.82) is 0 Å². The maximum absolute atomic E-state index is 13.1. The number of carbonyl (C=O) groups excluding carboxylic acids is 5. The van der Waals surface area contributed by atoms with E-state index < -0.39 is 94.7 Å². The van der Waals surface area contributed by atoms with Crippen LogP contribution in [0.25, 0.3) is 0 Å². The maximum atomic E-state index is 13.1. The van der Waals surface area contributed by atoms with Crippen LogP contribution < -0.4 is 0 Å². The first-order valence-electron chi connectivity index (χ1n) is 13.1. The van der Waals surface area contributed by atoms with E-state index in [2.05, 4.69) is 13.2 Å². The first-order valence-corrected chi connectivity index (χ1v) is 13.6. The lowest BCUT2D eigenvalue weighted by molar-refractivity contribution is -0.294. The predicted octanol–water partition coefficient (Wildman–Crippen LogP) is 2.56. The monoisotopic (exact) mass is 582 g/mol. The lowest BCUT2D eigenvalue weighted by atomic mass is 9.53. The molecule has 4 rings (SSSR count). The van der Waals surface area contributed by atoms with E-state index in [0.717, 1.165) is 0 Å². The molecule has 4 aliphatic rings. The molecule has 0 aromatic rings. The molecule has 1 saturated carbocycles. The molecule has 0 aromatic heterocycles. The zero-order valence-corrected chi connectivity index (χ0v) is 24.1. The number of halogens is 1. The van der Waals surface area contributed by atoms with Crippen molar-refractivity contribution < 1.29 is 52.4 Å². The second kappa shape index (κ2) is 10.5. The summed E-state index contributed by atoms with van der Waals surface area (Å²) in [5.74, 6) is -5.30. The normalized spacial score (nSPS) is 42.3. The van der Waals surface area contributed by atoms with Gasteiger partial charge in [-0.25, -0.2) is 0 Å². The minimum atomic E-state index is -1.69. The smallest absolute Gasteiger partial charge is 0.312 e. The van der Waals surface area contributed by atoms with Crippen LogP contribution in [0.1, 0.15) is 54.4 Å². The summed E-state index contributed by atoms with van der Waals surface area (Å²) >= 11 is 6.89. The highest BCUT2D eigenvalue weighted by atomic mass is 35.5. The Morgan fingerprint density at radius 1 is 0.925 bits per heavy atom. The van der Waals surface area contributed by atoms with E-state index in [9.17, 15) is 24.0 Å². The van der Waals surface area contributed by atoms with E-state index >= 15 is 0 Å². The van der Waals surface area contributed by atoms with Gasteiger partial charge in [-0.2, -0.15) is 0 Å². The quantitative estimate of drug-likeness (QED) is 0.209. The van der Waals surface area contributed by atoms with Gasteiger partial charge in [0, 0.05) is 33.6 Å². The number of hydrogen-bond donors (Lipinski definition) is 0. The SMILES string of the molecule is C=C1CC[C@H](OC(C)=O)[C@@]2(C)[C@H]1[C@H](OC(C)=O)C13O[C@H](C(=C)[C@H](Cl)[C@@H]1OC(=O)[C@@H]3C)[C@@H](OC(C)=O)[C@@H]2OC(C)=O. The summed E-state index contributed by atoms with van der Waals surface area (Å²) in [6.45, 7) is 16.4. The second-order valence-electron chi connectivity index (χ2n) is 11.2. The average Bonchev–Trinajstić information content (AvgIpc) is 3.09. The second-order valence-corrected chi connectivity index (χ2v) is 11.7. The Morgan fingerprint density at radius 2 is 1.48 bits per heavy atom. The molecule has 0 radical (unpaired) electrons. The number of esters is 5. The van der Waals surface area contributed by atoms with E-state index in [1.165, 1.54) is 27.7 Å². The molecule has 40 heavy (non-hydrogen) atoms. The highest BCUT2D eigenvalue weighted by molar-refractivity contribution is 6.23. The Labute approximate surface area is 237 Å². The molecule has 0 aromatic carbocycles. The van der Waals surface area contributed by atoms with E-state index in [-0.39, 0.29) is 12.0 Å². The minimum Gasteiger partial charge on any atom is -0.462 e. The van der Waals surface area contributed by atoms with Crippen LogP contribution in [0.5, 0.6) is 0 Å². The minimum absolute atomic E-state index is 0.204. The summed E-state index contributed by atoms with van der Waals surface area (Å²) in [5, 5.41) is -1.05. The lowest BCUT2D eigenvalue weighted by Crippen LogP contribution is -2.75. The fourth-order valence-corrected chi connectivity index (χ4v) is 7.49. The van der Waals surface area contributed by atoms with Crippen LogP contribution in [0.4, 0.5) is 0 Å². The molecule has 3 heterocycles. The number of alkyl halides is 1. The topological polar surface area (TPSA) is 141 Å². The van der Waals surface area contributed by atoms with E-state index in [1.807, 2.05) is 0 Å². The summed E-state index contributed by atoms with van der Waals surface area (Å²) in [6.07, 6.45) is -6.58. The van der Waals surface area contributed by atoms with Crippen molar-refractivity contribution in [2.75, 3.05) is 0 Å². The van der Waals surface area contributed by atoms with E-state index in [0.29, 0.717) is 12.0 Å². The van der Waals surface area contributed by atoms with Crippen LogP contribution in [-0.4, -0.2) is 77.4 Å². The summed E-state index contributed by atoms with van der Waals surface area (Å²) in [5.41, 5.74) is -2.33. The number of hydrogen-bond acceptors (Lipinski definition) is 11. The van der Waals surface area contributed by atoms with Crippen molar-refractivity contribution in [2.45, 2.75) is 102 Å². The molecule has 11 nitrogen and oxygen atoms in total. The van der Waals surface area contributed by atoms with Gasteiger partial charge in [0.2, 0.25) is 0 Å². The molecular weight excluding hydrogens is 548 g/mol. The zero-order valence-electron chi connectivity index (χ0n) is 23.4. The molecule has 1 aliphatic carbocycles. The van der Waals surface area contributed by atoms with Crippen molar-refractivity contribution in [3.8, 4) is 0 Å². The molecule has 0 amide bonds. The average molecular weight is 583 g/mol. The van der Waals surface area contributed by atoms with Crippen LogP contribution in [-0.2, 0) is 52.4 Å². The maximum Gasteiger partial charge on any atom is 0.312 e. The molecule has 220 valence electrons. The number of carbonyl (C=O) groups is 5. The van der Waals surface area contributed by atoms with Gasteiger partial charge in [-0.15, -0.1) is 11.6 Å². The molecule has 11 atom stereocenters. The molecule has 1 unspecified atom stereocenters. The third kappa shape index (κ3) is 4.51. The van der Waals surface area contributed by atoms with Gasteiger partial charge in [0.25, 0.3) is 0 Å². The number of ether oxygens (including phenoxy) is 6. The summed E-state index contributed by atoms with van der Waals surface area (Å²) in [6, 6.07) is 0. The van der Waals surface area contributed by atoms with Crippen molar-refractivity contribution in [3.05, 3.63) is 24.3 Å². The number of fused-ring (bicyclic) bond motifs is 2. The molecule has 3 aliphatic heterocycles. The van der Waals surface area contributed by atoms with Crippen LogP contribution in [0.2, 0.25) is 0 Å². The number of rotatable bonds is 4. The van der Waals surface area contributed by atoms with Gasteiger partial charge in [-0.1, -0.05) is 25.7 Å². The van der Waals surface area contributed by atoms with Gasteiger partial charge in [0.15, 0.2) is 23.9 Å².